The molecule has 0 saturated heterocycles. The highest BCUT2D eigenvalue weighted by molar-refractivity contribution is 4.60. The Hall–Kier alpha value is -0.160. The van der Waals surface area contributed by atoms with Crippen molar-refractivity contribution in [3.63, 3.8) is 0 Å². The van der Waals surface area contributed by atoms with Crippen LogP contribution in [-0.2, 0) is 18.9 Å². The number of hydrogen-bond donors (Lipinski definition) is 0. The molecule has 0 radical (unpaired) electrons. The molecular weight excluding hydrogens is 268 g/mol. The zero-order chi connectivity index (χ0) is 16.5. The van der Waals surface area contributed by atoms with Crippen LogP contribution in [0.4, 0.5) is 0 Å². The van der Waals surface area contributed by atoms with Crippen molar-refractivity contribution < 1.29 is 18.9 Å². The second-order valence-corrected chi connectivity index (χ2v) is 5.85. The Morgan fingerprint density at radius 2 is 0.714 bits per heavy atom. The lowest BCUT2D eigenvalue weighted by Crippen LogP contribution is -2.49. The molecule has 0 saturated carbocycles. The van der Waals surface area contributed by atoms with Crippen molar-refractivity contribution >= 4 is 0 Å². The first-order chi connectivity index (χ1) is 9.82. The van der Waals surface area contributed by atoms with Crippen LogP contribution in [0.3, 0.4) is 0 Å². The SMILES string of the molecule is CCC(C)OC(OC(C)CC)(OC(C)CC)OC(C)CC. The molecular formula is C17H36O4. The number of ether oxygens (including phenoxy) is 4. The Morgan fingerprint density at radius 3 is 0.857 bits per heavy atom. The first-order valence-corrected chi connectivity index (χ1v) is 8.53. The van der Waals surface area contributed by atoms with Crippen LogP contribution in [0.1, 0.15) is 81.1 Å². The van der Waals surface area contributed by atoms with E-state index < -0.39 is 6.16 Å². The van der Waals surface area contributed by atoms with Gasteiger partial charge in [0.15, 0.2) is 0 Å². The Bertz CT molecular complexity index is 204. The third-order valence-electron chi connectivity index (χ3n) is 3.68. The van der Waals surface area contributed by atoms with Gasteiger partial charge in [-0.15, -0.1) is 0 Å². The van der Waals surface area contributed by atoms with Gasteiger partial charge in [0.05, 0.1) is 24.4 Å². The smallest absolute Gasteiger partial charge is 0.300 e. The fourth-order valence-corrected chi connectivity index (χ4v) is 1.49. The molecule has 0 bridgehead atoms. The maximum Gasteiger partial charge on any atom is 0.413 e. The van der Waals surface area contributed by atoms with Crippen LogP contribution in [0.2, 0.25) is 0 Å². The summed E-state index contributed by atoms with van der Waals surface area (Å²) in [6.45, 7) is 16.3. The lowest BCUT2D eigenvalue weighted by molar-refractivity contribution is -0.529. The van der Waals surface area contributed by atoms with E-state index in [1.165, 1.54) is 0 Å². The van der Waals surface area contributed by atoms with E-state index in [0.29, 0.717) is 0 Å². The quantitative estimate of drug-likeness (QED) is 0.483. The molecule has 128 valence electrons. The molecule has 0 aromatic carbocycles. The van der Waals surface area contributed by atoms with Crippen LogP contribution in [0, 0.1) is 0 Å². The molecule has 0 amide bonds. The van der Waals surface area contributed by atoms with Crippen molar-refractivity contribution in [1.29, 1.82) is 0 Å². The molecule has 0 aliphatic rings. The van der Waals surface area contributed by atoms with E-state index >= 15 is 0 Å². The van der Waals surface area contributed by atoms with Crippen LogP contribution in [0.5, 0.6) is 0 Å². The molecule has 0 aromatic rings. The van der Waals surface area contributed by atoms with Gasteiger partial charge in [0.25, 0.3) is 0 Å². The minimum Gasteiger partial charge on any atom is -0.300 e. The molecule has 4 heteroatoms. The van der Waals surface area contributed by atoms with Gasteiger partial charge < -0.3 is 18.9 Å². The zero-order valence-corrected chi connectivity index (χ0v) is 15.3. The summed E-state index contributed by atoms with van der Waals surface area (Å²) in [7, 11) is 0. The van der Waals surface area contributed by atoms with Crippen molar-refractivity contribution in [3.05, 3.63) is 0 Å². The Balaban J connectivity index is 5.23. The normalized spacial score (nSPS) is 20.6. The Kier molecular flexibility index (Phi) is 10.5. The van der Waals surface area contributed by atoms with Gasteiger partial charge in [-0.3, -0.25) is 0 Å². The standard InChI is InChI=1S/C17H36O4/c1-9-13(5)18-17(19-14(6)10-2,20-15(7)11-3)21-16(8)12-4/h13-16H,9-12H2,1-8H3. The van der Waals surface area contributed by atoms with Gasteiger partial charge in [-0.1, -0.05) is 27.7 Å². The Labute approximate surface area is 131 Å². The van der Waals surface area contributed by atoms with Crippen molar-refractivity contribution in [2.24, 2.45) is 0 Å². The maximum atomic E-state index is 6.04. The average molecular weight is 304 g/mol. The van der Waals surface area contributed by atoms with E-state index in [2.05, 4.69) is 27.7 Å². The summed E-state index contributed by atoms with van der Waals surface area (Å²) in [5.41, 5.74) is 0. The predicted octanol–water partition coefficient (Wildman–Crippen LogP) is 4.86. The summed E-state index contributed by atoms with van der Waals surface area (Å²) >= 11 is 0. The first-order valence-electron chi connectivity index (χ1n) is 8.53. The van der Waals surface area contributed by atoms with Crippen molar-refractivity contribution in [2.75, 3.05) is 0 Å². The van der Waals surface area contributed by atoms with Gasteiger partial charge in [0.1, 0.15) is 0 Å². The molecule has 4 atom stereocenters. The molecule has 4 unspecified atom stereocenters. The predicted molar refractivity (Wildman–Crippen MR) is 86.1 cm³/mol. The van der Waals surface area contributed by atoms with Gasteiger partial charge >= 0.3 is 6.16 Å². The lowest BCUT2D eigenvalue weighted by Gasteiger charge is -2.39. The third-order valence-corrected chi connectivity index (χ3v) is 3.68. The van der Waals surface area contributed by atoms with Crippen LogP contribution in [-0.4, -0.2) is 30.6 Å². The topological polar surface area (TPSA) is 36.9 Å². The van der Waals surface area contributed by atoms with Gasteiger partial charge in [-0.25, -0.2) is 0 Å². The van der Waals surface area contributed by atoms with E-state index in [1.807, 2.05) is 27.7 Å². The highest BCUT2D eigenvalue weighted by Gasteiger charge is 2.41. The monoisotopic (exact) mass is 304 g/mol. The van der Waals surface area contributed by atoms with Crippen molar-refractivity contribution in [3.8, 4) is 0 Å². The van der Waals surface area contributed by atoms with Crippen molar-refractivity contribution in [2.45, 2.75) is 112 Å². The van der Waals surface area contributed by atoms with Gasteiger partial charge in [-0.05, 0) is 53.4 Å². The molecule has 0 N–H and O–H groups in total. The summed E-state index contributed by atoms with van der Waals surface area (Å²) in [4.78, 5) is 0. The first kappa shape index (κ1) is 20.8. The number of hydrogen-bond acceptors (Lipinski definition) is 4. The summed E-state index contributed by atoms with van der Waals surface area (Å²) in [6.07, 6.45) is 2.10. The molecule has 0 rings (SSSR count). The highest BCUT2D eigenvalue weighted by Crippen LogP contribution is 2.28. The second-order valence-electron chi connectivity index (χ2n) is 5.85. The fraction of sp³-hybridized carbons (Fsp3) is 1.00. The average Bonchev–Trinajstić information content (AvgIpc) is 2.46. The van der Waals surface area contributed by atoms with E-state index in [-0.39, 0.29) is 24.4 Å². The minimum absolute atomic E-state index is 0.00201. The van der Waals surface area contributed by atoms with Gasteiger partial charge in [-0.2, -0.15) is 0 Å². The summed E-state index contributed by atoms with van der Waals surface area (Å²) in [5.74, 6) is 0. The molecule has 0 fully saturated rings. The summed E-state index contributed by atoms with van der Waals surface area (Å²) in [5, 5.41) is 0. The molecule has 0 heterocycles. The van der Waals surface area contributed by atoms with Crippen LogP contribution < -0.4 is 0 Å². The number of rotatable bonds is 12. The molecule has 4 nitrogen and oxygen atoms in total. The maximum absolute atomic E-state index is 6.04. The summed E-state index contributed by atoms with van der Waals surface area (Å²) < 4.78 is 24.2. The van der Waals surface area contributed by atoms with E-state index in [4.69, 9.17) is 18.9 Å². The lowest BCUT2D eigenvalue weighted by atomic mass is 10.3. The molecule has 0 spiro atoms. The molecule has 0 aliphatic carbocycles. The van der Waals surface area contributed by atoms with Gasteiger partial charge in [0.2, 0.25) is 0 Å². The molecule has 0 aromatic heterocycles. The fourth-order valence-electron chi connectivity index (χ4n) is 1.49. The minimum atomic E-state index is -1.41. The second kappa shape index (κ2) is 10.5. The van der Waals surface area contributed by atoms with E-state index in [1.54, 1.807) is 0 Å². The van der Waals surface area contributed by atoms with Gasteiger partial charge in [0, 0.05) is 0 Å². The zero-order valence-electron chi connectivity index (χ0n) is 15.3. The summed E-state index contributed by atoms with van der Waals surface area (Å²) in [6, 6.07) is 0. The van der Waals surface area contributed by atoms with E-state index in [9.17, 15) is 0 Å². The van der Waals surface area contributed by atoms with Crippen molar-refractivity contribution in [1.82, 2.24) is 0 Å². The molecule has 0 aliphatic heterocycles. The van der Waals surface area contributed by atoms with Crippen LogP contribution in [0.15, 0.2) is 0 Å². The third kappa shape index (κ3) is 8.15. The van der Waals surface area contributed by atoms with Crippen LogP contribution in [0.25, 0.3) is 0 Å². The molecule has 21 heavy (non-hydrogen) atoms. The van der Waals surface area contributed by atoms with E-state index in [0.717, 1.165) is 25.7 Å². The Morgan fingerprint density at radius 1 is 0.524 bits per heavy atom. The largest absolute Gasteiger partial charge is 0.413 e. The highest BCUT2D eigenvalue weighted by atomic mass is 17.0. The van der Waals surface area contributed by atoms with Crippen LogP contribution >= 0.6 is 0 Å².